The largest absolute Gasteiger partial charge is 0.508 e. The number of carbonyl (C=O) groups is 2. The van der Waals surface area contributed by atoms with E-state index in [0.29, 0.717) is 36.8 Å². The molecule has 1 aliphatic carbocycles. The number of hydrogen-bond acceptors (Lipinski definition) is 4. The van der Waals surface area contributed by atoms with Gasteiger partial charge in [0.05, 0.1) is 0 Å². The molecule has 0 aliphatic heterocycles. The summed E-state index contributed by atoms with van der Waals surface area (Å²) in [5.41, 5.74) is 2.58. The molecule has 0 spiro atoms. The highest BCUT2D eigenvalue weighted by atomic mass is 16.3. The highest BCUT2D eigenvalue weighted by molar-refractivity contribution is 5.89. The Morgan fingerprint density at radius 1 is 1.06 bits per heavy atom. The molecule has 2 rings (SSSR count). The summed E-state index contributed by atoms with van der Waals surface area (Å²) in [6, 6.07) is 3.08. The normalized spacial score (nSPS) is 23.6. The number of rotatable bonds is 9. The number of benzene rings is 1. The lowest BCUT2D eigenvalue weighted by Gasteiger charge is -2.39. The Balaban J connectivity index is 2.06. The van der Waals surface area contributed by atoms with E-state index in [4.69, 9.17) is 0 Å². The van der Waals surface area contributed by atoms with E-state index in [1.165, 1.54) is 6.07 Å². The predicted octanol–water partition coefficient (Wildman–Crippen LogP) is 6.37. The molecule has 170 valence electrons. The number of ketones is 2. The number of hydrogen-bond donors (Lipinski definition) is 2. The van der Waals surface area contributed by atoms with E-state index in [-0.39, 0.29) is 28.5 Å². The topological polar surface area (TPSA) is 74.6 Å². The molecular weight excluding hydrogens is 388 g/mol. The number of allylic oxidation sites excluding steroid dienone is 4. The number of phenols is 2. The highest BCUT2D eigenvalue weighted by Crippen LogP contribution is 2.56. The van der Waals surface area contributed by atoms with Gasteiger partial charge in [-0.15, -0.1) is 0 Å². The monoisotopic (exact) mass is 426 g/mol. The van der Waals surface area contributed by atoms with Crippen molar-refractivity contribution >= 4 is 11.6 Å². The first-order chi connectivity index (χ1) is 14.4. The second-order valence-corrected chi connectivity index (χ2v) is 10.1. The minimum absolute atomic E-state index is 0.124. The fourth-order valence-corrected chi connectivity index (χ4v) is 4.84. The lowest BCUT2D eigenvalue weighted by atomic mass is 9.62. The Labute approximate surface area is 187 Å². The van der Waals surface area contributed by atoms with Crippen molar-refractivity contribution in [3.05, 3.63) is 46.6 Å². The smallest absolute Gasteiger partial charge is 0.143 e. The quantitative estimate of drug-likeness (QED) is 0.355. The number of carbonyl (C=O) groups excluding carboxylic acids is 2. The molecule has 1 fully saturated rings. The molecule has 2 atom stereocenters. The average molecular weight is 427 g/mol. The maximum absolute atomic E-state index is 13.0. The maximum atomic E-state index is 13.0. The van der Waals surface area contributed by atoms with Gasteiger partial charge in [0.15, 0.2) is 0 Å². The second-order valence-electron chi connectivity index (χ2n) is 10.1. The Bertz CT molecular complexity index is 904. The van der Waals surface area contributed by atoms with Gasteiger partial charge in [-0.3, -0.25) is 9.59 Å². The van der Waals surface area contributed by atoms with Gasteiger partial charge in [-0.2, -0.15) is 0 Å². The van der Waals surface area contributed by atoms with Crippen molar-refractivity contribution < 1.29 is 19.8 Å². The van der Waals surface area contributed by atoms with Gasteiger partial charge >= 0.3 is 0 Å². The fraction of sp³-hybridized carbons (Fsp3) is 0.556. The van der Waals surface area contributed by atoms with Gasteiger partial charge < -0.3 is 10.2 Å². The van der Waals surface area contributed by atoms with Crippen LogP contribution in [0.5, 0.6) is 11.5 Å². The maximum Gasteiger partial charge on any atom is 0.143 e. The van der Waals surface area contributed by atoms with Crippen LogP contribution in [0, 0.1) is 17.8 Å². The molecule has 4 nitrogen and oxygen atoms in total. The van der Waals surface area contributed by atoms with Crippen molar-refractivity contribution in [2.75, 3.05) is 0 Å². The molecule has 1 aromatic rings. The molecule has 0 bridgehead atoms. The third kappa shape index (κ3) is 5.87. The molecule has 1 aromatic carbocycles. The van der Waals surface area contributed by atoms with Crippen LogP contribution in [-0.4, -0.2) is 21.8 Å². The lowest BCUT2D eigenvalue weighted by Crippen LogP contribution is -2.41. The molecule has 0 aromatic heterocycles. The molecule has 0 amide bonds. The summed E-state index contributed by atoms with van der Waals surface area (Å²) in [4.78, 5) is 25.9. The van der Waals surface area contributed by atoms with Crippen LogP contribution in [0.15, 0.2) is 35.4 Å². The molecule has 4 heteroatoms. The summed E-state index contributed by atoms with van der Waals surface area (Å²) in [5.74, 6) is 0.690. The Kier molecular flexibility index (Phi) is 7.91. The minimum atomic E-state index is -0.461. The van der Waals surface area contributed by atoms with Crippen LogP contribution in [0.25, 0.3) is 0 Å². The predicted molar refractivity (Wildman–Crippen MR) is 125 cm³/mol. The summed E-state index contributed by atoms with van der Waals surface area (Å²) in [6.45, 7) is 11.8. The van der Waals surface area contributed by atoms with Crippen LogP contribution >= 0.6 is 0 Å². The molecule has 1 saturated carbocycles. The van der Waals surface area contributed by atoms with Crippen molar-refractivity contribution in [2.45, 2.75) is 86.5 Å². The van der Waals surface area contributed by atoms with Gasteiger partial charge in [-0.1, -0.05) is 43.6 Å². The zero-order valence-corrected chi connectivity index (χ0v) is 20.0. The van der Waals surface area contributed by atoms with E-state index in [0.717, 1.165) is 30.4 Å². The van der Waals surface area contributed by atoms with Gasteiger partial charge in [0.25, 0.3) is 0 Å². The summed E-state index contributed by atoms with van der Waals surface area (Å²) in [5, 5.41) is 19.9. The minimum Gasteiger partial charge on any atom is -0.508 e. The van der Waals surface area contributed by atoms with E-state index >= 15 is 0 Å². The van der Waals surface area contributed by atoms with Gasteiger partial charge in [0.2, 0.25) is 0 Å². The van der Waals surface area contributed by atoms with Crippen molar-refractivity contribution in [1.82, 2.24) is 0 Å². The highest BCUT2D eigenvalue weighted by Gasteiger charge is 2.52. The van der Waals surface area contributed by atoms with E-state index in [1.807, 2.05) is 39.8 Å². The van der Waals surface area contributed by atoms with E-state index in [2.05, 4.69) is 6.92 Å². The Morgan fingerprint density at radius 2 is 1.74 bits per heavy atom. The molecule has 1 aliphatic rings. The molecule has 2 unspecified atom stereocenters. The van der Waals surface area contributed by atoms with E-state index < -0.39 is 5.41 Å². The zero-order chi connectivity index (χ0) is 23.4. The van der Waals surface area contributed by atoms with Gasteiger partial charge in [-0.25, -0.2) is 0 Å². The number of aromatic hydroxyl groups is 2. The fourth-order valence-electron chi connectivity index (χ4n) is 4.84. The number of aryl methyl sites for hydroxylation is 1. The third-order valence-electron chi connectivity index (χ3n) is 7.15. The first-order valence-corrected chi connectivity index (χ1v) is 11.2. The zero-order valence-electron chi connectivity index (χ0n) is 20.0. The first kappa shape index (κ1) is 24.9. The van der Waals surface area contributed by atoms with Crippen LogP contribution in [0.1, 0.15) is 84.3 Å². The van der Waals surface area contributed by atoms with Gasteiger partial charge in [0.1, 0.15) is 23.1 Å². The third-order valence-corrected chi connectivity index (χ3v) is 7.15. The lowest BCUT2D eigenvalue weighted by molar-refractivity contribution is -0.134. The van der Waals surface area contributed by atoms with Crippen LogP contribution in [0.3, 0.4) is 0 Å². The summed E-state index contributed by atoms with van der Waals surface area (Å²) in [7, 11) is 0. The van der Waals surface area contributed by atoms with Crippen molar-refractivity contribution in [2.24, 2.45) is 10.8 Å². The molecule has 0 radical (unpaired) electrons. The van der Waals surface area contributed by atoms with Crippen LogP contribution in [-0.2, 0) is 16.0 Å². The molecule has 31 heavy (non-hydrogen) atoms. The van der Waals surface area contributed by atoms with E-state index in [1.54, 1.807) is 13.0 Å². The average Bonchev–Trinajstić information content (AvgIpc) is 2.96. The Hall–Kier alpha value is -2.36. The van der Waals surface area contributed by atoms with Crippen LogP contribution < -0.4 is 0 Å². The van der Waals surface area contributed by atoms with Gasteiger partial charge in [0, 0.05) is 30.2 Å². The van der Waals surface area contributed by atoms with Crippen LogP contribution in [0.2, 0.25) is 0 Å². The van der Waals surface area contributed by atoms with Crippen molar-refractivity contribution in [3.63, 3.8) is 0 Å². The second kappa shape index (κ2) is 9.84. The molecule has 0 saturated heterocycles. The summed E-state index contributed by atoms with van der Waals surface area (Å²) in [6.07, 6.45) is 8.28. The van der Waals surface area contributed by atoms with Crippen LogP contribution in [0.4, 0.5) is 0 Å². The van der Waals surface area contributed by atoms with Gasteiger partial charge in [-0.05, 0) is 70.1 Å². The molecule has 2 N–H and O–H groups in total. The standard InChI is InChI=1S/C27H38O4/c1-18(2)8-11-24(30)27(6)13-7-12-26(27,5)17-23(29)14-19(3)9-10-21-16-22(28)15-20(4)25(21)31/h8-9,15-16,28,31H,7,10-14,17H2,1-6H3. The number of Topliss-reactive ketones (excluding diaryl/α,β-unsaturated/α-hetero) is 2. The van der Waals surface area contributed by atoms with Crippen molar-refractivity contribution in [1.29, 1.82) is 0 Å². The molecular formula is C27H38O4. The van der Waals surface area contributed by atoms with E-state index in [9.17, 15) is 19.8 Å². The molecule has 0 heterocycles. The summed E-state index contributed by atoms with van der Waals surface area (Å²) < 4.78 is 0. The Morgan fingerprint density at radius 3 is 2.39 bits per heavy atom. The summed E-state index contributed by atoms with van der Waals surface area (Å²) >= 11 is 0. The first-order valence-electron chi connectivity index (χ1n) is 11.2. The SMILES string of the molecule is CC(C)=CCC(=O)C1(C)CCCC1(C)CC(=O)CC(C)=CCc1cc(O)cc(C)c1O. The number of phenolic OH excluding ortho intramolecular Hbond substituents is 2. The van der Waals surface area contributed by atoms with Crippen molar-refractivity contribution in [3.8, 4) is 11.5 Å².